The monoisotopic (exact) mass is 433 g/mol. The smallest absolute Gasteiger partial charge is 0.291 e. The molecule has 3 rings (SSSR count). The first-order valence-electron chi connectivity index (χ1n) is 8.70. The summed E-state index contributed by atoms with van der Waals surface area (Å²) in [5.41, 5.74) is 1.90. The fourth-order valence-corrected chi connectivity index (χ4v) is 3.42. The number of benzene rings is 2. The molecular formula is C19H20ClN5O3S. The minimum atomic E-state index is -3.39. The van der Waals surface area contributed by atoms with E-state index in [0.717, 1.165) is 17.5 Å². The number of sulfonamides is 1. The van der Waals surface area contributed by atoms with Crippen LogP contribution >= 0.6 is 11.6 Å². The summed E-state index contributed by atoms with van der Waals surface area (Å²) in [7, 11) is -3.39. The number of carbonyl (C=O) groups excluding carboxylic acids is 1. The maximum atomic E-state index is 12.6. The largest absolute Gasteiger partial charge is 0.343 e. The van der Waals surface area contributed by atoms with Gasteiger partial charge in [-0.2, -0.15) is 0 Å². The molecule has 1 aromatic heterocycles. The van der Waals surface area contributed by atoms with Crippen molar-refractivity contribution >= 4 is 33.2 Å². The summed E-state index contributed by atoms with van der Waals surface area (Å²) in [5.74, 6) is 0.161. The molecule has 0 aliphatic rings. The number of aromatic nitrogens is 3. The van der Waals surface area contributed by atoms with Gasteiger partial charge in [0.25, 0.3) is 5.91 Å². The fraction of sp³-hybridized carbons (Fsp3) is 0.211. The molecule has 1 unspecified atom stereocenters. The number of rotatable bonds is 6. The van der Waals surface area contributed by atoms with Crippen molar-refractivity contribution in [3.63, 3.8) is 0 Å². The molecule has 0 bridgehead atoms. The molecule has 0 saturated carbocycles. The van der Waals surface area contributed by atoms with Gasteiger partial charge < -0.3 is 5.32 Å². The summed E-state index contributed by atoms with van der Waals surface area (Å²) in [6.07, 6.45) is 1.08. The number of amides is 1. The number of anilines is 1. The molecule has 3 aromatic rings. The summed E-state index contributed by atoms with van der Waals surface area (Å²) in [4.78, 5) is 16.8. The van der Waals surface area contributed by atoms with Crippen LogP contribution < -0.4 is 10.0 Å². The average molecular weight is 434 g/mol. The molecule has 0 fully saturated rings. The van der Waals surface area contributed by atoms with Gasteiger partial charge in [-0.15, -0.1) is 5.10 Å². The van der Waals surface area contributed by atoms with Crippen molar-refractivity contribution in [1.29, 1.82) is 0 Å². The Bertz CT molecular complexity index is 1140. The van der Waals surface area contributed by atoms with Crippen LogP contribution in [0.1, 0.15) is 35.0 Å². The molecule has 0 aliphatic carbocycles. The van der Waals surface area contributed by atoms with Crippen LogP contribution in [0.2, 0.25) is 5.02 Å². The lowest BCUT2D eigenvalue weighted by molar-refractivity contribution is 0.0929. The highest BCUT2D eigenvalue weighted by Gasteiger charge is 2.18. The first-order valence-corrected chi connectivity index (χ1v) is 11.0. The molecule has 0 aliphatic heterocycles. The zero-order valence-corrected chi connectivity index (χ0v) is 17.6. The van der Waals surface area contributed by atoms with Crippen LogP contribution in [0.25, 0.3) is 5.69 Å². The molecule has 2 N–H and O–H groups in total. The number of hydrogen-bond donors (Lipinski definition) is 2. The zero-order chi connectivity index (χ0) is 21.2. The molecule has 152 valence electrons. The van der Waals surface area contributed by atoms with Gasteiger partial charge in [-0.1, -0.05) is 23.7 Å². The van der Waals surface area contributed by atoms with E-state index < -0.39 is 15.9 Å². The standard InChI is InChI=1S/C19H20ClN5O3S/c1-12(14-5-4-6-16(11-14)24-29(3,27)28)21-19(26)18-22-13(2)25(23-18)17-9-7-15(20)8-10-17/h4-12,24H,1-3H3,(H,21,26). The van der Waals surface area contributed by atoms with Gasteiger partial charge >= 0.3 is 0 Å². The molecule has 1 amide bonds. The molecule has 29 heavy (non-hydrogen) atoms. The molecule has 2 aromatic carbocycles. The number of aryl methyl sites for hydroxylation is 1. The SMILES string of the molecule is Cc1nc(C(=O)NC(C)c2cccc(NS(C)(=O)=O)c2)nn1-c1ccc(Cl)cc1. The molecule has 8 nitrogen and oxygen atoms in total. The van der Waals surface area contributed by atoms with Crippen molar-refractivity contribution in [2.45, 2.75) is 19.9 Å². The highest BCUT2D eigenvalue weighted by molar-refractivity contribution is 7.92. The minimum absolute atomic E-state index is 0.0368. The van der Waals surface area contributed by atoms with E-state index in [1.807, 2.05) is 0 Å². The quantitative estimate of drug-likeness (QED) is 0.621. The number of halogens is 1. The van der Waals surface area contributed by atoms with E-state index in [4.69, 9.17) is 11.6 Å². The maximum Gasteiger partial charge on any atom is 0.291 e. The van der Waals surface area contributed by atoms with E-state index in [0.29, 0.717) is 16.5 Å². The lowest BCUT2D eigenvalue weighted by atomic mass is 10.1. The van der Waals surface area contributed by atoms with Crippen LogP contribution in [0.15, 0.2) is 48.5 Å². The molecule has 0 radical (unpaired) electrons. The second-order valence-electron chi connectivity index (χ2n) is 6.57. The predicted molar refractivity (Wildman–Crippen MR) is 112 cm³/mol. The third kappa shape index (κ3) is 5.33. The Balaban J connectivity index is 1.76. The lowest BCUT2D eigenvalue weighted by Gasteiger charge is -2.14. The van der Waals surface area contributed by atoms with Gasteiger partial charge in [0.1, 0.15) is 5.82 Å². The molecule has 0 saturated heterocycles. The van der Waals surface area contributed by atoms with Crippen molar-refractivity contribution in [2.75, 3.05) is 11.0 Å². The highest BCUT2D eigenvalue weighted by atomic mass is 35.5. The second kappa shape index (κ2) is 8.22. The summed E-state index contributed by atoms with van der Waals surface area (Å²) in [5, 5.41) is 7.71. The number of carbonyl (C=O) groups is 1. The van der Waals surface area contributed by atoms with Crippen LogP contribution in [0, 0.1) is 6.92 Å². The average Bonchev–Trinajstić information content (AvgIpc) is 3.03. The Morgan fingerprint density at radius 3 is 2.52 bits per heavy atom. The Morgan fingerprint density at radius 1 is 1.17 bits per heavy atom. The molecule has 1 atom stereocenters. The third-order valence-electron chi connectivity index (χ3n) is 4.08. The van der Waals surface area contributed by atoms with Gasteiger partial charge in [-0.05, 0) is 55.8 Å². The number of hydrogen-bond acceptors (Lipinski definition) is 5. The Hall–Kier alpha value is -2.91. The first kappa shape index (κ1) is 20.8. The van der Waals surface area contributed by atoms with Gasteiger partial charge in [0.2, 0.25) is 15.8 Å². The van der Waals surface area contributed by atoms with E-state index in [1.165, 1.54) is 0 Å². The van der Waals surface area contributed by atoms with Crippen molar-refractivity contribution in [1.82, 2.24) is 20.1 Å². The molecule has 0 spiro atoms. The molecule has 10 heteroatoms. The molecule has 1 heterocycles. The highest BCUT2D eigenvalue weighted by Crippen LogP contribution is 2.19. The third-order valence-corrected chi connectivity index (χ3v) is 4.94. The summed E-state index contributed by atoms with van der Waals surface area (Å²) < 4.78 is 26.8. The van der Waals surface area contributed by atoms with E-state index >= 15 is 0 Å². The number of nitrogens with zero attached hydrogens (tertiary/aromatic N) is 3. The Labute approximate surface area is 174 Å². The first-order chi connectivity index (χ1) is 13.6. The normalized spacial score (nSPS) is 12.4. The summed E-state index contributed by atoms with van der Waals surface area (Å²) in [6.45, 7) is 3.54. The van der Waals surface area contributed by atoms with Crippen LogP contribution in [0.3, 0.4) is 0 Å². The van der Waals surface area contributed by atoms with Crippen LogP contribution in [-0.2, 0) is 10.0 Å². The summed E-state index contributed by atoms with van der Waals surface area (Å²) in [6, 6.07) is 13.5. The van der Waals surface area contributed by atoms with Gasteiger partial charge in [-0.3, -0.25) is 9.52 Å². The van der Waals surface area contributed by atoms with Gasteiger partial charge in [0, 0.05) is 10.7 Å². The predicted octanol–water partition coefficient (Wildman–Crippen LogP) is 3.09. The summed E-state index contributed by atoms with van der Waals surface area (Å²) >= 11 is 5.91. The Kier molecular flexibility index (Phi) is 5.90. The van der Waals surface area contributed by atoms with Crippen LogP contribution in [0.5, 0.6) is 0 Å². The van der Waals surface area contributed by atoms with E-state index in [9.17, 15) is 13.2 Å². The van der Waals surface area contributed by atoms with E-state index in [-0.39, 0.29) is 11.9 Å². The fourth-order valence-electron chi connectivity index (χ4n) is 2.74. The van der Waals surface area contributed by atoms with Gasteiger partial charge in [-0.25, -0.2) is 18.1 Å². The van der Waals surface area contributed by atoms with Crippen molar-refractivity contribution < 1.29 is 13.2 Å². The van der Waals surface area contributed by atoms with Crippen molar-refractivity contribution in [3.05, 3.63) is 70.8 Å². The van der Waals surface area contributed by atoms with Crippen molar-refractivity contribution in [2.24, 2.45) is 0 Å². The second-order valence-corrected chi connectivity index (χ2v) is 8.75. The lowest BCUT2D eigenvalue weighted by Crippen LogP contribution is -2.27. The van der Waals surface area contributed by atoms with E-state index in [1.54, 1.807) is 67.1 Å². The maximum absolute atomic E-state index is 12.6. The van der Waals surface area contributed by atoms with Gasteiger partial charge in [0.05, 0.1) is 18.0 Å². The topological polar surface area (TPSA) is 106 Å². The Morgan fingerprint density at radius 2 is 1.86 bits per heavy atom. The van der Waals surface area contributed by atoms with Crippen molar-refractivity contribution in [3.8, 4) is 5.69 Å². The van der Waals surface area contributed by atoms with Gasteiger partial charge in [0.15, 0.2) is 0 Å². The molecular weight excluding hydrogens is 414 g/mol. The number of nitrogens with one attached hydrogen (secondary N) is 2. The van der Waals surface area contributed by atoms with Crippen LogP contribution in [-0.4, -0.2) is 35.3 Å². The minimum Gasteiger partial charge on any atom is -0.343 e. The van der Waals surface area contributed by atoms with Crippen LogP contribution in [0.4, 0.5) is 5.69 Å². The van der Waals surface area contributed by atoms with E-state index in [2.05, 4.69) is 20.1 Å². The zero-order valence-electron chi connectivity index (χ0n) is 16.0.